The van der Waals surface area contributed by atoms with Crippen LogP contribution in [0.3, 0.4) is 0 Å². The van der Waals surface area contributed by atoms with Gasteiger partial charge in [0.2, 0.25) is 5.91 Å². The first-order valence-corrected chi connectivity index (χ1v) is 6.65. The second kappa shape index (κ2) is 5.72. The quantitative estimate of drug-likeness (QED) is 0.771. The van der Waals surface area contributed by atoms with Gasteiger partial charge in [0.1, 0.15) is 5.38 Å². The predicted octanol–water partition coefficient (Wildman–Crippen LogP) is 2.60. The molecule has 1 amide bonds. The molecular formula is C14H18ClNO2. The molecule has 1 aromatic rings. The van der Waals surface area contributed by atoms with E-state index in [0.29, 0.717) is 13.1 Å². The van der Waals surface area contributed by atoms with Crippen LogP contribution in [-0.2, 0) is 9.53 Å². The fraction of sp³-hybridized carbons (Fsp3) is 0.500. The van der Waals surface area contributed by atoms with E-state index in [1.54, 1.807) is 4.90 Å². The van der Waals surface area contributed by atoms with Crippen molar-refractivity contribution in [3.05, 3.63) is 35.9 Å². The normalized spacial score (nSPS) is 25.8. The number of amides is 1. The van der Waals surface area contributed by atoms with Crippen LogP contribution in [-0.4, -0.2) is 36.1 Å². The van der Waals surface area contributed by atoms with Crippen molar-refractivity contribution in [2.75, 3.05) is 13.1 Å². The molecule has 0 saturated carbocycles. The average molecular weight is 268 g/mol. The van der Waals surface area contributed by atoms with E-state index in [-0.39, 0.29) is 18.1 Å². The predicted molar refractivity (Wildman–Crippen MR) is 71.6 cm³/mol. The Morgan fingerprint density at radius 3 is 2.39 bits per heavy atom. The summed E-state index contributed by atoms with van der Waals surface area (Å²) in [5.41, 5.74) is 0.843. The molecule has 0 bridgehead atoms. The topological polar surface area (TPSA) is 29.5 Å². The summed E-state index contributed by atoms with van der Waals surface area (Å²) in [5, 5.41) is -0.608. The highest BCUT2D eigenvalue weighted by atomic mass is 35.5. The van der Waals surface area contributed by atoms with E-state index in [1.165, 1.54) is 0 Å². The van der Waals surface area contributed by atoms with Gasteiger partial charge in [-0.3, -0.25) is 4.79 Å². The largest absolute Gasteiger partial charge is 0.372 e. The first-order chi connectivity index (χ1) is 8.58. The van der Waals surface area contributed by atoms with Crippen LogP contribution in [0, 0.1) is 0 Å². The van der Waals surface area contributed by atoms with Gasteiger partial charge in [-0.05, 0) is 19.4 Å². The lowest BCUT2D eigenvalue weighted by Gasteiger charge is -2.36. The molecule has 3 unspecified atom stereocenters. The SMILES string of the molecule is CC1CN(C(=O)C(Cl)c2ccccc2)CC(C)O1. The number of hydrogen-bond acceptors (Lipinski definition) is 2. The Hall–Kier alpha value is -1.06. The van der Waals surface area contributed by atoms with Crippen LogP contribution in [0.1, 0.15) is 24.8 Å². The van der Waals surface area contributed by atoms with Crippen molar-refractivity contribution in [2.24, 2.45) is 0 Å². The second-order valence-electron chi connectivity index (χ2n) is 4.77. The van der Waals surface area contributed by atoms with E-state index in [0.717, 1.165) is 5.56 Å². The number of carbonyl (C=O) groups is 1. The minimum absolute atomic E-state index is 0.0372. The van der Waals surface area contributed by atoms with E-state index in [4.69, 9.17) is 16.3 Å². The Morgan fingerprint density at radius 2 is 1.83 bits per heavy atom. The zero-order valence-electron chi connectivity index (χ0n) is 10.7. The number of carbonyl (C=O) groups excluding carboxylic acids is 1. The lowest BCUT2D eigenvalue weighted by Crippen LogP contribution is -2.49. The lowest BCUT2D eigenvalue weighted by atomic mass is 10.1. The maximum absolute atomic E-state index is 12.3. The molecular weight excluding hydrogens is 250 g/mol. The van der Waals surface area contributed by atoms with Gasteiger partial charge >= 0.3 is 0 Å². The highest BCUT2D eigenvalue weighted by Gasteiger charge is 2.30. The maximum atomic E-state index is 12.3. The first-order valence-electron chi connectivity index (χ1n) is 6.21. The molecule has 1 fully saturated rings. The minimum atomic E-state index is -0.608. The molecule has 0 aromatic heterocycles. The van der Waals surface area contributed by atoms with E-state index >= 15 is 0 Å². The molecule has 1 aliphatic rings. The molecule has 18 heavy (non-hydrogen) atoms. The van der Waals surface area contributed by atoms with E-state index in [9.17, 15) is 4.79 Å². The number of halogens is 1. The van der Waals surface area contributed by atoms with Crippen LogP contribution in [0.15, 0.2) is 30.3 Å². The van der Waals surface area contributed by atoms with Crippen molar-refractivity contribution in [3.63, 3.8) is 0 Å². The van der Waals surface area contributed by atoms with Crippen LogP contribution in [0.5, 0.6) is 0 Å². The summed E-state index contributed by atoms with van der Waals surface area (Å²) in [6.07, 6.45) is 0.134. The Balaban J connectivity index is 2.07. The molecule has 1 heterocycles. The van der Waals surface area contributed by atoms with Gasteiger partial charge in [-0.15, -0.1) is 11.6 Å². The Bertz CT molecular complexity index is 400. The van der Waals surface area contributed by atoms with Crippen molar-refractivity contribution >= 4 is 17.5 Å². The number of benzene rings is 1. The molecule has 98 valence electrons. The zero-order chi connectivity index (χ0) is 13.1. The third kappa shape index (κ3) is 3.03. The number of morpholine rings is 1. The highest BCUT2D eigenvalue weighted by molar-refractivity contribution is 6.30. The summed E-state index contributed by atoms with van der Waals surface area (Å²) < 4.78 is 5.62. The summed E-state index contributed by atoms with van der Waals surface area (Å²) in [6.45, 7) is 5.17. The van der Waals surface area contributed by atoms with Crippen molar-refractivity contribution in [1.29, 1.82) is 0 Å². The fourth-order valence-corrected chi connectivity index (χ4v) is 2.57. The zero-order valence-corrected chi connectivity index (χ0v) is 11.4. The van der Waals surface area contributed by atoms with Crippen LogP contribution >= 0.6 is 11.6 Å². The number of nitrogens with zero attached hydrogens (tertiary/aromatic N) is 1. The third-order valence-corrected chi connectivity index (χ3v) is 3.48. The van der Waals surface area contributed by atoms with Gasteiger partial charge in [0.05, 0.1) is 12.2 Å². The molecule has 0 spiro atoms. The van der Waals surface area contributed by atoms with Crippen molar-refractivity contribution in [1.82, 2.24) is 4.90 Å². The summed E-state index contributed by atoms with van der Waals surface area (Å²) >= 11 is 6.25. The molecule has 0 aliphatic carbocycles. The van der Waals surface area contributed by atoms with Crippen LogP contribution in [0.2, 0.25) is 0 Å². The Morgan fingerprint density at radius 1 is 1.28 bits per heavy atom. The van der Waals surface area contributed by atoms with Gasteiger partial charge in [-0.1, -0.05) is 30.3 Å². The second-order valence-corrected chi connectivity index (χ2v) is 5.21. The van der Waals surface area contributed by atoms with Gasteiger partial charge in [0, 0.05) is 13.1 Å². The summed E-state index contributed by atoms with van der Waals surface area (Å²) in [6, 6.07) is 9.45. The van der Waals surface area contributed by atoms with Crippen LogP contribution in [0.25, 0.3) is 0 Å². The van der Waals surface area contributed by atoms with Crippen molar-refractivity contribution in [3.8, 4) is 0 Å². The molecule has 1 aliphatic heterocycles. The van der Waals surface area contributed by atoms with Gasteiger partial charge in [-0.2, -0.15) is 0 Å². The summed E-state index contributed by atoms with van der Waals surface area (Å²) in [7, 11) is 0. The molecule has 1 saturated heterocycles. The average Bonchev–Trinajstić information content (AvgIpc) is 2.37. The van der Waals surface area contributed by atoms with Gasteiger partial charge in [0.25, 0.3) is 0 Å². The van der Waals surface area contributed by atoms with Gasteiger partial charge in [-0.25, -0.2) is 0 Å². The van der Waals surface area contributed by atoms with Crippen LogP contribution in [0.4, 0.5) is 0 Å². The molecule has 4 heteroatoms. The minimum Gasteiger partial charge on any atom is -0.372 e. The maximum Gasteiger partial charge on any atom is 0.245 e. The van der Waals surface area contributed by atoms with Gasteiger partial charge < -0.3 is 9.64 Å². The van der Waals surface area contributed by atoms with E-state index < -0.39 is 5.38 Å². The molecule has 1 aromatic carbocycles. The lowest BCUT2D eigenvalue weighted by molar-refractivity contribution is -0.142. The summed E-state index contributed by atoms with van der Waals surface area (Å²) in [5.74, 6) is -0.0372. The number of rotatable bonds is 2. The standard InChI is InChI=1S/C14H18ClNO2/c1-10-8-16(9-11(2)18-10)14(17)13(15)12-6-4-3-5-7-12/h3-7,10-11,13H,8-9H2,1-2H3. The molecule has 3 nitrogen and oxygen atoms in total. The molecule has 0 radical (unpaired) electrons. The third-order valence-electron chi connectivity index (χ3n) is 3.04. The molecule has 0 N–H and O–H groups in total. The number of alkyl halides is 1. The van der Waals surface area contributed by atoms with Crippen LogP contribution < -0.4 is 0 Å². The van der Waals surface area contributed by atoms with Crippen molar-refractivity contribution in [2.45, 2.75) is 31.4 Å². The molecule has 3 atom stereocenters. The van der Waals surface area contributed by atoms with E-state index in [2.05, 4.69) is 0 Å². The first kappa shape index (κ1) is 13.4. The van der Waals surface area contributed by atoms with Crippen molar-refractivity contribution < 1.29 is 9.53 Å². The monoisotopic (exact) mass is 267 g/mol. The Labute approximate surface area is 113 Å². The number of ether oxygens (including phenoxy) is 1. The number of hydrogen-bond donors (Lipinski definition) is 0. The van der Waals surface area contributed by atoms with E-state index in [1.807, 2.05) is 44.2 Å². The fourth-order valence-electron chi connectivity index (χ4n) is 2.28. The summed E-state index contributed by atoms with van der Waals surface area (Å²) in [4.78, 5) is 14.1. The Kier molecular flexibility index (Phi) is 4.25. The molecule has 2 rings (SSSR count). The smallest absolute Gasteiger partial charge is 0.245 e. The highest BCUT2D eigenvalue weighted by Crippen LogP contribution is 2.24. The van der Waals surface area contributed by atoms with Gasteiger partial charge in [0.15, 0.2) is 0 Å².